The van der Waals surface area contributed by atoms with E-state index in [0.717, 1.165) is 29.8 Å². The lowest BCUT2D eigenvalue weighted by atomic mass is 9.76. The summed E-state index contributed by atoms with van der Waals surface area (Å²) in [6, 6.07) is 10.3. The number of carbonyl (C=O) groups excluding carboxylic acids is 2. The van der Waals surface area contributed by atoms with Crippen molar-refractivity contribution in [1.29, 1.82) is 0 Å². The third-order valence-electron chi connectivity index (χ3n) is 6.64. The number of alkyl halides is 6. The van der Waals surface area contributed by atoms with Crippen LogP contribution in [0.4, 0.5) is 26.3 Å². The molecule has 0 aliphatic carbocycles. The highest BCUT2D eigenvalue weighted by Gasteiger charge is 2.60. The second-order valence-corrected chi connectivity index (χ2v) is 11.8. The van der Waals surface area contributed by atoms with Crippen LogP contribution >= 0.6 is 0 Å². The number of hydrogen-bond acceptors (Lipinski definition) is 5. The van der Waals surface area contributed by atoms with Gasteiger partial charge in [0.1, 0.15) is 11.3 Å². The van der Waals surface area contributed by atoms with Gasteiger partial charge in [-0.3, -0.25) is 9.59 Å². The molecule has 0 unspecified atom stereocenters. The standard InChI is InChI=1S/C28H30F6N2O5S/c1-3-4-16-42(39,40)36-25(38)23-22(19-8-6-18(2)7-9-19)17-26(28(32,33)34,35-24(23)37)20-10-12-21(13-11-20)41-15-5-14-27(29,30)31/h6-13H,3-5,14-17H2,1-2H3,(H,35,37)(H,36,38)/t26-/m0/s1. The van der Waals surface area contributed by atoms with E-state index in [2.05, 4.69) is 0 Å². The second-order valence-electron chi connectivity index (χ2n) is 9.95. The van der Waals surface area contributed by atoms with Crippen LogP contribution in [0.15, 0.2) is 54.1 Å². The number of nitrogens with one attached hydrogen (secondary N) is 2. The number of aryl methyl sites for hydroxylation is 1. The van der Waals surface area contributed by atoms with Gasteiger partial charge in [0, 0.05) is 12.8 Å². The van der Waals surface area contributed by atoms with E-state index in [0.29, 0.717) is 6.42 Å². The normalized spacial score (nSPS) is 18.0. The van der Waals surface area contributed by atoms with Crippen molar-refractivity contribution < 1.29 is 49.1 Å². The van der Waals surface area contributed by atoms with Gasteiger partial charge in [-0.2, -0.15) is 26.3 Å². The van der Waals surface area contributed by atoms with Gasteiger partial charge < -0.3 is 10.1 Å². The Kier molecular flexibility index (Phi) is 10.0. The molecule has 42 heavy (non-hydrogen) atoms. The maximum absolute atomic E-state index is 14.8. The van der Waals surface area contributed by atoms with Crippen LogP contribution in [0.25, 0.3) is 5.57 Å². The average Bonchev–Trinajstić information content (AvgIpc) is 2.88. The number of rotatable bonds is 11. The number of halogens is 6. The number of unbranched alkanes of at least 4 members (excludes halogenated alkanes) is 1. The van der Waals surface area contributed by atoms with Crippen molar-refractivity contribution in [2.45, 2.75) is 63.8 Å². The molecular formula is C28H30F6N2O5S. The van der Waals surface area contributed by atoms with Crippen molar-refractivity contribution in [2.75, 3.05) is 12.4 Å². The Morgan fingerprint density at radius 3 is 2.17 bits per heavy atom. The highest BCUT2D eigenvalue weighted by Crippen LogP contribution is 2.48. The predicted molar refractivity (Wildman–Crippen MR) is 143 cm³/mol. The van der Waals surface area contributed by atoms with Crippen molar-refractivity contribution in [1.82, 2.24) is 10.0 Å². The number of sulfonamides is 1. The van der Waals surface area contributed by atoms with E-state index in [-0.39, 0.29) is 36.3 Å². The summed E-state index contributed by atoms with van der Waals surface area (Å²) < 4.78 is 113. The molecule has 2 aromatic rings. The number of ether oxygens (including phenoxy) is 1. The lowest BCUT2D eigenvalue weighted by Crippen LogP contribution is -2.59. The largest absolute Gasteiger partial charge is 0.494 e. The lowest BCUT2D eigenvalue weighted by molar-refractivity contribution is -0.201. The summed E-state index contributed by atoms with van der Waals surface area (Å²) in [6.07, 6.45) is -11.1. The topological polar surface area (TPSA) is 102 Å². The van der Waals surface area contributed by atoms with Crippen LogP contribution in [-0.4, -0.2) is 44.9 Å². The van der Waals surface area contributed by atoms with Gasteiger partial charge in [-0.15, -0.1) is 0 Å². The Bertz CT molecular complexity index is 1420. The Hall–Kier alpha value is -3.55. The number of amides is 2. The SMILES string of the molecule is CCCCS(=O)(=O)NC(=O)C1=C(c2ccc(C)cc2)C[C@](c2ccc(OCCCC(F)(F)F)cc2)(C(F)(F)F)NC1=O. The molecule has 1 aliphatic heterocycles. The summed E-state index contributed by atoms with van der Waals surface area (Å²) in [5, 5.41) is 1.90. The second kappa shape index (κ2) is 12.8. The summed E-state index contributed by atoms with van der Waals surface area (Å²) >= 11 is 0. The molecule has 0 aromatic heterocycles. The molecule has 0 saturated carbocycles. The number of hydrogen-bond donors (Lipinski definition) is 2. The Morgan fingerprint density at radius 2 is 1.62 bits per heavy atom. The van der Waals surface area contributed by atoms with Crippen molar-refractivity contribution in [3.63, 3.8) is 0 Å². The summed E-state index contributed by atoms with van der Waals surface area (Å²) in [6.45, 7) is 3.14. The summed E-state index contributed by atoms with van der Waals surface area (Å²) in [4.78, 5) is 26.4. The van der Waals surface area contributed by atoms with E-state index in [9.17, 15) is 44.3 Å². The van der Waals surface area contributed by atoms with E-state index in [1.54, 1.807) is 30.7 Å². The maximum Gasteiger partial charge on any atom is 0.416 e. The molecule has 0 fully saturated rings. The number of carbonyl (C=O) groups is 2. The first kappa shape index (κ1) is 33.0. The van der Waals surface area contributed by atoms with Gasteiger partial charge in [0.2, 0.25) is 10.0 Å². The van der Waals surface area contributed by atoms with Gasteiger partial charge in [-0.05, 0) is 48.6 Å². The van der Waals surface area contributed by atoms with Gasteiger partial charge in [0.25, 0.3) is 11.8 Å². The zero-order chi connectivity index (χ0) is 31.3. The summed E-state index contributed by atoms with van der Waals surface area (Å²) in [7, 11) is -4.17. The predicted octanol–water partition coefficient (Wildman–Crippen LogP) is 5.69. The molecule has 230 valence electrons. The fourth-order valence-corrected chi connectivity index (χ4v) is 5.57. The first-order valence-corrected chi connectivity index (χ1v) is 14.7. The third kappa shape index (κ3) is 8.05. The monoisotopic (exact) mass is 620 g/mol. The Labute approximate surface area is 239 Å². The van der Waals surface area contributed by atoms with Gasteiger partial charge in [-0.25, -0.2) is 13.1 Å². The molecule has 14 heteroatoms. The Balaban J connectivity index is 2.03. The van der Waals surface area contributed by atoms with Crippen molar-refractivity contribution in [3.05, 3.63) is 70.8 Å². The lowest BCUT2D eigenvalue weighted by Gasteiger charge is -2.41. The highest BCUT2D eigenvalue weighted by atomic mass is 32.2. The molecule has 2 N–H and O–H groups in total. The van der Waals surface area contributed by atoms with Gasteiger partial charge >= 0.3 is 12.4 Å². The van der Waals surface area contributed by atoms with E-state index in [1.165, 1.54) is 12.1 Å². The summed E-state index contributed by atoms with van der Waals surface area (Å²) in [5.41, 5.74) is -3.66. The van der Waals surface area contributed by atoms with Crippen LogP contribution in [-0.2, 0) is 25.2 Å². The van der Waals surface area contributed by atoms with E-state index >= 15 is 0 Å². The van der Waals surface area contributed by atoms with E-state index < -0.39 is 69.5 Å². The molecule has 1 aliphatic rings. The highest BCUT2D eigenvalue weighted by molar-refractivity contribution is 7.90. The molecule has 7 nitrogen and oxygen atoms in total. The van der Waals surface area contributed by atoms with Crippen LogP contribution in [0.2, 0.25) is 0 Å². The van der Waals surface area contributed by atoms with Crippen LogP contribution in [0.5, 0.6) is 5.75 Å². The van der Waals surface area contributed by atoms with Crippen LogP contribution in [0, 0.1) is 6.92 Å². The smallest absolute Gasteiger partial charge is 0.416 e. The first-order chi connectivity index (χ1) is 19.5. The minimum atomic E-state index is -5.09. The maximum atomic E-state index is 14.8. The molecule has 0 radical (unpaired) electrons. The van der Waals surface area contributed by atoms with E-state index in [1.807, 2.05) is 5.32 Å². The molecule has 2 amide bonds. The minimum Gasteiger partial charge on any atom is -0.494 e. The van der Waals surface area contributed by atoms with Gasteiger partial charge in [-0.1, -0.05) is 55.3 Å². The van der Waals surface area contributed by atoms with Crippen LogP contribution in [0.1, 0.15) is 55.7 Å². The molecule has 0 saturated heterocycles. The fraction of sp³-hybridized carbons (Fsp3) is 0.429. The average molecular weight is 621 g/mol. The van der Waals surface area contributed by atoms with E-state index in [4.69, 9.17) is 4.74 Å². The zero-order valence-electron chi connectivity index (χ0n) is 22.8. The molecule has 0 bridgehead atoms. The van der Waals surface area contributed by atoms with Crippen LogP contribution < -0.4 is 14.8 Å². The molecular weight excluding hydrogens is 590 g/mol. The molecule has 0 spiro atoms. The molecule has 1 atom stereocenters. The fourth-order valence-electron chi connectivity index (χ4n) is 4.42. The van der Waals surface area contributed by atoms with Gasteiger partial charge in [0.05, 0.1) is 12.4 Å². The molecule has 3 rings (SSSR count). The molecule has 1 heterocycles. The minimum absolute atomic E-state index is 0.0204. The third-order valence-corrected chi connectivity index (χ3v) is 7.97. The zero-order valence-corrected chi connectivity index (χ0v) is 23.6. The first-order valence-electron chi connectivity index (χ1n) is 13.0. The Morgan fingerprint density at radius 1 is 1.00 bits per heavy atom. The summed E-state index contributed by atoms with van der Waals surface area (Å²) in [5.74, 6) is -3.17. The molecule has 2 aromatic carbocycles. The quantitative estimate of drug-likeness (QED) is 0.191. The van der Waals surface area contributed by atoms with Crippen molar-refractivity contribution >= 4 is 27.4 Å². The van der Waals surface area contributed by atoms with Crippen molar-refractivity contribution in [2.24, 2.45) is 0 Å². The number of benzene rings is 2. The van der Waals surface area contributed by atoms with Crippen molar-refractivity contribution in [3.8, 4) is 5.75 Å². The van der Waals surface area contributed by atoms with Crippen LogP contribution in [0.3, 0.4) is 0 Å². The van der Waals surface area contributed by atoms with Gasteiger partial charge in [0.15, 0.2) is 5.54 Å².